The minimum atomic E-state index is -0.571. The van der Waals surface area contributed by atoms with E-state index in [1.165, 1.54) is 12.1 Å². The van der Waals surface area contributed by atoms with Crippen LogP contribution in [0, 0.1) is 5.82 Å². The first-order chi connectivity index (χ1) is 7.74. The summed E-state index contributed by atoms with van der Waals surface area (Å²) in [4.78, 5) is 0. The zero-order chi connectivity index (χ0) is 11.5. The van der Waals surface area contributed by atoms with E-state index in [0.29, 0.717) is 18.7 Å². The molecule has 5 heteroatoms. The molecule has 1 saturated heterocycles. The van der Waals surface area contributed by atoms with Crippen LogP contribution in [0.2, 0.25) is 0 Å². The number of benzene rings is 1. The lowest BCUT2D eigenvalue weighted by molar-refractivity contribution is -0.0671. The molecule has 2 unspecified atom stereocenters. The molecule has 1 aliphatic heterocycles. The lowest BCUT2D eigenvalue weighted by Crippen LogP contribution is -2.35. The minimum Gasteiger partial charge on any atom is -0.341 e. The minimum absolute atomic E-state index is 0.224. The fourth-order valence-electron chi connectivity index (χ4n) is 1.75. The Kier molecular flexibility index (Phi) is 3.50. The summed E-state index contributed by atoms with van der Waals surface area (Å²) in [5.74, 6) is -0.315. The second-order valence-corrected chi connectivity index (χ2v) is 3.71. The number of rotatable bonds is 3. The van der Waals surface area contributed by atoms with Crippen LogP contribution >= 0.6 is 0 Å². The summed E-state index contributed by atoms with van der Waals surface area (Å²) in [6.07, 6.45) is -1.02. The molecule has 2 rings (SSSR count). The van der Waals surface area contributed by atoms with Gasteiger partial charge in [0, 0.05) is 18.7 Å². The van der Waals surface area contributed by atoms with Crippen molar-refractivity contribution in [2.75, 3.05) is 13.1 Å². The van der Waals surface area contributed by atoms with Crippen LogP contribution in [0.1, 0.15) is 11.9 Å². The highest BCUT2D eigenvalue weighted by Gasteiger charge is 2.35. The molecule has 0 amide bonds. The van der Waals surface area contributed by atoms with Gasteiger partial charge in [-0.05, 0) is 12.1 Å². The number of halogens is 1. The van der Waals surface area contributed by atoms with Crippen molar-refractivity contribution in [3.63, 3.8) is 0 Å². The first kappa shape index (κ1) is 11.5. The third kappa shape index (κ3) is 2.22. The molecule has 2 atom stereocenters. The van der Waals surface area contributed by atoms with Crippen LogP contribution in [-0.2, 0) is 9.47 Å². The van der Waals surface area contributed by atoms with Gasteiger partial charge in [0.2, 0.25) is 0 Å². The fourth-order valence-corrected chi connectivity index (χ4v) is 1.75. The second-order valence-electron chi connectivity index (χ2n) is 3.71. The Morgan fingerprint density at radius 3 is 2.25 bits per heavy atom. The van der Waals surface area contributed by atoms with Crippen molar-refractivity contribution >= 4 is 0 Å². The molecule has 1 aromatic carbocycles. The summed E-state index contributed by atoms with van der Waals surface area (Å²) in [7, 11) is 0. The molecule has 4 N–H and O–H groups in total. The average Bonchev–Trinajstić information content (AvgIpc) is 2.72. The first-order valence-corrected chi connectivity index (χ1v) is 5.21. The van der Waals surface area contributed by atoms with Crippen LogP contribution in [0.5, 0.6) is 0 Å². The van der Waals surface area contributed by atoms with Gasteiger partial charge < -0.3 is 20.9 Å². The summed E-state index contributed by atoms with van der Waals surface area (Å²) < 4.78 is 24.1. The van der Waals surface area contributed by atoms with Crippen LogP contribution in [0.25, 0.3) is 0 Å². The van der Waals surface area contributed by atoms with Crippen LogP contribution in [0.4, 0.5) is 4.39 Å². The van der Waals surface area contributed by atoms with E-state index in [1.807, 2.05) is 0 Å². The Morgan fingerprint density at radius 1 is 1.12 bits per heavy atom. The van der Waals surface area contributed by atoms with Gasteiger partial charge in [-0.1, -0.05) is 12.1 Å². The van der Waals surface area contributed by atoms with E-state index in [2.05, 4.69) is 0 Å². The molecule has 0 aliphatic carbocycles. The zero-order valence-corrected chi connectivity index (χ0v) is 8.80. The second kappa shape index (κ2) is 4.88. The Balaban J connectivity index is 2.12. The highest BCUT2D eigenvalue weighted by Crippen LogP contribution is 2.30. The molecule has 0 radical (unpaired) electrons. The lowest BCUT2D eigenvalue weighted by atomic mass is 10.2. The Bertz CT molecular complexity index is 350. The van der Waals surface area contributed by atoms with Crippen molar-refractivity contribution in [2.45, 2.75) is 18.5 Å². The Morgan fingerprint density at radius 2 is 1.75 bits per heavy atom. The summed E-state index contributed by atoms with van der Waals surface area (Å²) in [6.45, 7) is 0.682. The van der Waals surface area contributed by atoms with Gasteiger partial charge in [-0.15, -0.1) is 0 Å². The molecule has 1 aliphatic rings. The number of hydrogen-bond donors (Lipinski definition) is 2. The molecule has 1 fully saturated rings. The molecule has 0 aromatic heterocycles. The van der Waals surface area contributed by atoms with E-state index in [-0.39, 0.29) is 18.0 Å². The highest BCUT2D eigenvalue weighted by atomic mass is 19.1. The van der Waals surface area contributed by atoms with Crippen LogP contribution in [-0.4, -0.2) is 25.3 Å². The summed E-state index contributed by atoms with van der Waals surface area (Å²) in [5.41, 5.74) is 11.7. The lowest BCUT2D eigenvalue weighted by Gasteiger charge is -2.10. The van der Waals surface area contributed by atoms with Gasteiger partial charge in [-0.25, -0.2) is 4.39 Å². The van der Waals surface area contributed by atoms with Gasteiger partial charge in [-0.3, -0.25) is 0 Å². The van der Waals surface area contributed by atoms with E-state index in [4.69, 9.17) is 20.9 Å². The predicted octanol–water partition coefficient (Wildman–Crippen LogP) is 0.526. The van der Waals surface area contributed by atoms with Gasteiger partial charge in [0.25, 0.3) is 0 Å². The monoisotopic (exact) mass is 226 g/mol. The van der Waals surface area contributed by atoms with Gasteiger partial charge >= 0.3 is 0 Å². The molecule has 16 heavy (non-hydrogen) atoms. The molecule has 0 saturated carbocycles. The highest BCUT2D eigenvalue weighted by molar-refractivity contribution is 5.18. The Labute approximate surface area is 93.3 Å². The fraction of sp³-hybridized carbons (Fsp3) is 0.455. The van der Waals surface area contributed by atoms with E-state index >= 15 is 0 Å². The van der Waals surface area contributed by atoms with E-state index < -0.39 is 6.29 Å². The molecular weight excluding hydrogens is 211 g/mol. The van der Waals surface area contributed by atoms with Crippen LogP contribution < -0.4 is 11.5 Å². The summed E-state index contributed by atoms with van der Waals surface area (Å²) in [5, 5.41) is 0. The normalized spacial score (nSPS) is 29.6. The molecule has 88 valence electrons. The van der Waals surface area contributed by atoms with Crippen LogP contribution in [0.3, 0.4) is 0 Å². The standard InChI is InChI=1S/C11H15FN2O2/c12-8-3-1-2-7(4-8)11-15-9(5-13)10(6-14)16-11/h1-4,9-11H,5-6,13-14H2. The average molecular weight is 226 g/mol. The molecule has 0 spiro atoms. The van der Waals surface area contributed by atoms with Crippen molar-refractivity contribution in [3.8, 4) is 0 Å². The predicted molar refractivity (Wildman–Crippen MR) is 57.0 cm³/mol. The third-order valence-corrected chi connectivity index (χ3v) is 2.60. The number of nitrogens with two attached hydrogens (primary N) is 2. The van der Waals surface area contributed by atoms with Crippen LogP contribution in [0.15, 0.2) is 24.3 Å². The van der Waals surface area contributed by atoms with Gasteiger partial charge in [-0.2, -0.15) is 0 Å². The van der Waals surface area contributed by atoms with Crippen molar-refractivity contribution in [1.82, 2.24) is 0 Å². The third-order valence-electron chi connectivity index (χ3n) is 2.60. The molecule has 1 aromatic rings. The largest absolute Gasteiger partial charge is 0.341 e. The first-order valence-electron chi connectivity index (χ1n) is 5.21. The van der Waals surface area contributed by atoms with Crippen molar-refractivity contribution in [1.29, 1.82) is 0 Å². The van der Waals surface area contributed by atoms with E-state index in [1.54, 1.807) is 12.1 Å². The van der Waals surface area contributed by atoms with Gasteiger partial charge in [0.15, 0.2) is 6.29 Å². The summed E-state index contributed by atoms with van der Waals surface area (Å²) >= 11 is 0. The van der Waals surface area contributed by atoms with Gasteiger partial charge in [0.05, 0.1) is 0 Å². The maximum absolute atomic E-state index is 13.0. The smallest absolute Gasteiger partial charge is 0.184 e. The van der Waals surface area contributed by atoms with Gasteiger partial charge in [0.1, 0.15) is 18.0 Å². The molecule has 1 heterocycles. The maximum atomic E-state index is 13.0. The maximum Gasteiger partial charge on any atom is 0.184 e. The van der Waals surface area contributed by atoms with E-state index in [0.717, 1.165) is 0 Å². The van der Waals surface area contributed by atoms with Crippen molar-refractivity contribution in [2.24, 2.45) is 11.5 Å². The number of hydrogen-bond acceptors (Lipinski definition) is 4. The van der Waals surface area contributed by atoms with Crippen molar-refractivity contribution in [3.05, 3.63) is 35.6 Å². The molecule has 0 bridgehead atoms. The SMILES string of the molecule is NCC1OC(c2cccc(F)c2)OC1CN. The summed E-state index contributed by atoms with van der Waals surface area (Å²) in [6, 6.07) is 6.13. The Hall–Kier alpha value is -1.01. The molecular formula is C11H15FN2O2. The zero-order valence-electron chi connectivity index (χ0n) is 8.80. The topological polar surface area (TPSA) is 70.5 Å². The molecule has 4 nitrogen and oxygen atoms in total. The van der Waals surface area contributed by atoms with E-state index in [9.17, 15) is 4.39 Å². The number of ether oxygens (including phenoxy) is 2. The van der Waals surface area contributed by atoms with Crippen molar-refractivity contribution < 1.29 is 13.9 Å². The quantitative estimate of drug-likeness (QED) is 0.788.